The largest absolute Gasteiger partial charge is 0.492 e. The van der Waals surface area contributed by atoms with Crippen LogP contribution >= 0.6 is 24.2 Å². The number of benzene rings is 2. The van der Waals surface area contributed by atoms with Crippen molar-refractivity contribution >= 4 is 35.8 Å². The number of amides is 1. The molecule has 1 heterocycles. The molecule has 7 heteroatoms. The van der Waals surface area contributed by atoms with Crippen LogP contribution in [-0.2, 0) is 4.79 Å². The SMILES string of the molecule is Cl.NCCOc1ccc(NC(=O)C(c2ccccc2)N2CCSCC2)cc1. The Kier molecular flexibility index (Phi) is 8.94. The third-order valence-electron chi connectivity index (χ3n) is 4.28. The monoisotopic (exact) mass is 407 g/mol. The average Bonchev–Trinajstić information content (AvgIpc) is 2.69. The Morgan fingerprint density at radius 2 is 1.78 bits per heavy atom. The molecule has 0 bridgehead atoms. The van der Waals surface area contributed by atoms with Gasteiger partial charge in [-0.3, -0.25) is 9.69 Å². The van der Waals surface area contributed by atoms with E-state index in [-0.39, 0.29) is 24.4 Å². The normalized spacial score (nSPS) is 15.4. The van der Waals surface area contributed by atoms with Crippen LogP contribution in [0, 0.1) is 0 Å². The second kappa shape index (κ2) is 11.2. The molecular weight excluding hydrogens is 382 g/mol. The molecule has 2 aromatic rings. The fourth-order valence-electron chi connectivity index (χ4n) is 3.02. The van der Waals surface area contributed by atoms with E-state index in [9.17, 15) is 4.79 Å². The highest BCUT2D eigenvalue weighted by atomic mass is 35.5. The quantitative estimate of drug-likeness (QED) is 0.737. The van der Waals surface area contributed by atoms with Crippen LogP contribution in [0.1, 0.15) is 11.6 Å². The van der Waals surface area contributed by atoms with Crippen molar-refractivity contribution in [2.45, 2.75) is 6.04 Å². The van der Waals surface area contributed by atoms with E-state index < -0.39 is 0 Å². The molecule has 5 nitrogen and oxygen atoms in total. The second-order valence-electron chi connectivity index (χ2n) is 6.11. The highest BCUT2D eigenvalue weighted by Gasteiger charge is 2.28. The fraction of sp³-hybridized carbons (Fsp3) is 0.350. The molecule has 146 valence electrons. The minimum atomic E-state index is -0.273. The number of carbonyl (C=O) groups excluding carboxylic acids is 1. The molecule has 0 saturated carbocycles. The van der Waals surface area contributed by atoms with E-state index in [1.165, 1.54) is 0 Å². The van der Waals surface area contributed by atoms with Crippen molar-refractivity contribution in [3.63, 3.8) is 0 Å². The van der Waals surface area contributed by atoms with Crippen LogP contribution in [0.5, 0.6) is 5.75 Å². The Morgan fingerprint density at radius 3 is 2.41 bits per heavy atom. The van der Waals surface area contributed by atoms with Gasteiger partial charge in [0.15, 0.2) is 0 Å². The smallest absolute Gasteiger partial charge is 0.246 e. The predicted octanol–water partition coefficient (Wildman–Crippen LogP) is 3.17. The van der Waals surface area contributed by atoms with E-state index in [0.717, 1.165) is 41.6 Å². The van der Waals surface area contributed by atoms with Crippen LogP contribution in [0.4, 0.5) is 5.69 Å². The van der Waals surface area contributed by atoms with Crippen LogP contribution < -0.4 is 15.8 Å². The van der Waals surface area contributed by atoms with Crippen LogP contribution in [0.15, 0.2) is 54.6 Å². The van der Waals surface area contributed by atoms with Crippen molar-refractivity contribution in [1.82, 2.24) is 4.90 Å². The number of halogens is 1. The van der Waals surface area contributed by atoms with Gasteiger partial charge in [0.1, 0.15) is 18.4 Å². The van der Waals surface area contributed by atoms with Crippen molar-refractivity contribution < 1.29 is 9.53 Å². The van der Waals surface area contributed by atoms with Gasteiger partial charge in [-0.25, -0.2) is 0 Å². The predicted molar refractivity (Wildman–Crippen MR) is 115 cm³/mol. The zero-order chi connectivity index (χ0) is 18.2. The van der Waals surface area contributed by atoms with Crippen LogP contribution in [0.25, 0.3) is 0 Å². The van der Waals surface area contributed by atoms with Crippen molar-refractivity contribution in [2.75, 3.05) is 43.1 Å². The maximum absolute atomic E-state index is 13.1. The van der Waals surface area contributed by atoms with Crippen molar-refractivity contribution in [1.29, 1.82) is 0 Å². The van der Waals surface area contributed by atoms with Gasteiger partial charge in [-0.05, 0) is 29.8 Å². The molecule has 0 aromatic heterocycles. The number of thioether (sulfide) groups is 1. The zero-order valence-electron chi connectivity index (χ0n) is 15.2. The zero-order valence-corrected chi connectivity index (χ0v) is 16.8. The number of hydrogen-bond acceptors (Lipinski definition) is 5. The summed E-state index contributed by atoms with van der Waals surface area (Å²) in [5, 5.41) is 3.05. The summed E-state index contributed by atoms with van der Waals surface area (Å²) >= 11 is 1.94. The van der Waals surface area contributed by atoms with Crippen LogP contribution in [0.2, 0.25) is 0 Å². The van der Waals surface area contributed by atoms with Crippen LogP contribution in [0.3, 0.4) is 0 Å². The summed E-state index contributed by atoms with van der Waals surface area (Å²) in [6.07, 6.45) is 0. The summed E-state index contributed by atoms with van der Waals surface area (Å²) in [5.74, 6) is 2.87. The van der Waals surface area contributed by atoms with E-state index in [1.54, 1.807) is 0 Å². The first-order valence-corrected chi connectivity index (χ1v) is 10.0. The molecule has 1 amide bonds. The third-order valence-corrected chi connectivity index (χ3v) is 5.23. The lowest BCUT2D eigenvalue weighted by Gasteiger charge is -2.33. The Labute approximate surface area is 171 Å². The number of nitrogens with zero attached hydrogens (tertiary/aromatic N) is 1. The summed E-state index contributed by atoms with van der Waals surface area (Å²) in [6, 6.07) is 17.1. The van der Waals surface area contributed by atoms with E-state index in [2.05, 4.69) is 10.2 Å². The maximum Gasteiger partial charge on any atom is 0.246 e. The Bertz CT molecular complexity index is 694. The van der Waals surface area contributed by atoms with Gasteiger partial charge in [0.05, 0.1) is 0 Å². The summed E-state index contributed by atoms with van der Waals surface area (Å²) < 4.78 is 5.48. The van der Waals surface area contributed by atoms with E-state index in [1.807, 2.05) is 66.4 Å². The van der Waals surface area contributed by atoms with Crippen molar-refractivity contribution in [3.05, 3.63) is 60.2 Å². The first-order valence-electron chi connectivity index (χ1n) is 8.88. The molecule has 1 aliphatic rings. The summed E-state index contributed by atoms with van der Waals surface area (Å²) in [5.41, 5.74) is 7.24. The first-order chi connectivity index (χ1) is 12.8. The third kappa shape index (κ3) is 6.14. The lowest BCUT2D eigenvalue weighted by molar-refractivity contribution is -0.121. The van der Waals surface area contributed by atoms with Gasteiger partial charge >= 0.3 is 0 Å². The fourth-order valence-corrected chi connectivity index (χ4v) is 3.95. The van der Waals surface area contributed by atoms with Gasteiger partial charge in [-0.1, -0.05) is 30.3 Å². The number of hydrogen-bond donors (Lipinski definition) is 2. The van der Waals surface area contributed by atoms with E-state index >= 15 is 0 Å². The number of carbonyl (C=O) groups is 1. The molecule has 1 atom stereocenters. The van der Waals surface area contributed by atoms with Gasteiger partial charge in [0.2, 0.25) is 5.91 Å². The molecule has 0 spiro atoms. The number of ether oxygens (including phenoxy) is 1. The molecule has 0 aliphatic carbocycles. The van der Waals surface area contributed by atoms with Gasteiger partial charge < -0.3 is 15.8 Å². The number of anilines is 1. The maximum atomic E-state index is 13.1. The van der Waals surface area contributed by atoms with Gasteiger partial charge in [-0.2, -0.15) is 11.8 Å². The molecule has 1 fully saturated rings. The average molecular weight is 408 g/mol. The minimum absolute atomic E-state index is 0. The molecular formula is C20H26ClN3O2S. The molecule has 0 radical (unpaired) electrons. The second-order valence-corrected chi connectivity index (χ2v) is 7.34. The number of nitrogens with two attached hydrogens (primary N) is 1. The summed E-state index contributed by atoms with van der Waals surface area (Å²) in [7, 11) is 0. The summed E-state index contributed by atoms with van der Waals surface area (Å²) in [4.78, 5) is 15.3. The van der Waals surface area contributed by atoms with Crippen LogP contribution in [-0.4, -0.2) is 48.6 Å². The highest BCUT2D eigenvalue weighted by Crippen LogP contribution is 2.26. The summed E-state index contributed by atoms with van der Waals surface area (Å²) in [6.45, 7) is 2.80. The lowest BCUT2D eigenvalue weighted by Crippen LogP contribution is -2.41. The highest BCUT2D eigenvalue weighted by molar-refractivity contribution is 7.99. The van der Waals surface area contributed by atoms with Gasteiger partial charge in [0.25, 0.3) is 0 Å². The molecule has 1 aliphatic heterocycles. The number of rotatable bonds is 7. The van der Waals surface area contributed by atoms with Gasteiger partial charge in [-0.15, -0.1) is 12.4 Å². The topological polar surface area (TPSA) is 67.6 Å². The molecule has 3 rings (SSSR count). The first kappa shape index (κ1) is 21.6. The van der Waals surface area contributed by atoms with E-state index in [0.29, 0.717) is 13.2 Å². The van der Waals surface area contributed by atoms with Gasteiger partial charge in [0, 0.05) is 36.8 Å². The van der Waals surface area contributed by atoms with Crippen molar-refractivity contribution in [3.8, 4) is 5.75 Å². The Hall–Kier alpha value is -1.73. The lowest BCUT2D eigenvalue weighted by atomic mass is 10.0. The minimum Gasteiger partial charge on any atom is -0.492 e. The molecule has 27 heavy (non-hydrogen) atoms. The van der Waals surface area contributed by atoms with E-state index in [4.69, 9.17) is 10.5 Å². The van der Waals surface area contributed by atoms with Crippen molar-refractivity contribution in [2.24, 2.45) is 5.73 Å². The standard InChI is InChI=1S/C20H25N3O2S.ClH/c21-10-13-25-18-8-6-17(7-9-18)22-20(24)19(16-4-2-1-3-5-16)23-11-14-26-15-12-23;/h1-9,19H,10-15,21H2,(H,22,24);1H. The number of nitrogens with one attached hydrogen (secondary N) is 1. The molecule has 3 N–H and O–H groups in total. The Morgan fingerprint density at radius 1 is 1.11 bits per heavy atom. The molecule has 2 aromatic carbocycles. The Balaban J connectivity index is 0.00000261. The molecule has 1 unspecified atom stereocenters. The molecule has 1 saturated heterocycles.